The summed E-state index contributed by atoms with van der Waals surface area (Å²) in [6, 6.07) is 0. The minimum Gasteiger partial charge on any atom is -0.495 e. The number of nitrogens with one attached hydrogen (secondary N) is 2. The molecule has 0 aromatic heterocycles. The van der Waals surface area contributed by atoms with Crippen LogP contribution in [0.2, 0.25) is 0 Å². The molecule has 2 aliphatic carbocycles. The van der Waals surface area contributed by atoms with Crippen molar-refractivity contribution < 1.29 is 39.7 Å². The van der Waals surface area contributed by atoms with Gasteiger partial charge in [0, 0.05) is 37.8 Å². The van der Waals surface area contributed by atoms with E-state index in [0.29, 0.717) is 61.8 Å². The lowest BCUT2D eigenvalue weighted by atomic mass is 9.91. The first-order chi connectivity index (χ1) is 19.5. The predicted octanol–water partition coefficient (Wildman–Crippen LogP) is 3.87. The van der Waals surface area contributed by atoms with E-state index in [0.717, 1.165) is 0 Å². The molecule has 0 spiro atoms. The summed E-state index contributed by atoms with van der Waals surface area (Å²) in [6.45, 7) is 0.623. The molecule has 0 aromatic carbocycles. The molecule has 0 heterocycles. The zero-order chi connectivity index (χ0) is 30.7. The van der Waals surface area contributed by atoms with Gasteiger partial charge in [0.25, 0.3) is 11.8 Å². The predicted molar refractivity (Wildman–Crippen MR) is 166 cm³/mol. The molecule has 0 aromatic rings. The van der Waals surface area contributed by atoms with Gasteiger partial charge in [0.1, 0.15) is 22.9 Å². The van der Waals surface area contributed by atoms with Crippen LogP contribution in [0.3, 0.4) is 0 Å². The van der Waals surface area contributed by atoms with Gasteiger partial charge in [0.15, 0.2) is 0 Å². The van der Waals surface area contributed by atoms with Crippen LogP contribution in [0.1, 0.15) is 32.1 Å². The Morgan fingerprint density at radius 2 is 1.12 bits per heavy atom. The van der Waals surface area contributed by atoms with Crippen LogP contribution in [0.15, 0.2) is 51.9 Å². The summed E-state index contributed by atoms with van der Waals surface area (Å²) in [4.78, 5) is 25.0. The number of methoxy groups -OCH3 is 2. The second kappa shape index (κ2) is 17.4. The van der Waals surface area contributed by atoms with Crippen molar-refractivity contribution in [1.29, 1.82) is 0 Å². The monoisotopic (exact) mass is 832 g/mol. The van der Waals surface area contributed by atoms with Crippen LogP contribution in [0.5, 0.6) is 0 Å². The highest BCUT2D eigenvalue weighted by Gasteiger charge is 2.33. The van der Waals surface area contributed by atoms with Crippen molar-refractivity contribution in [1.82, 2.24) is 10.6 Å². The summed E-state index contributed by atoms with van der Waals surface area (Å²) >= 11 is 13.3. The number of halogens is 4. The highest BCUT2D eigenvalue weighted by atomic mass is 79.9. The summed E-state index contributed by atoms with van der Waals surface area (Å²) in [6.07, 6.45) is 3.28. The molecule has 0 aliphatic heterocycles. The number of carbonyl (C=O) groups is 2. The van der Waals surface area contributed by atoms with Gasteiger partial charge in [-0.3, -0.25) is 9.59 Å². The summed E-state index contributed by atoms with van der Waals surface area (Å²) in [7, 11) is 2.94. The first kappa shape index (κ1) is 35.5. The third-order valence-electron chi connectivity index (χ3n) is 6.38. The van der Waals surface area contributed by atoms with Crippen LogP contribution in [-0.4, -0.2) is 83.4 Å². The topological polar surface area (TPSA) is 182 Å². The van der Waals surface area contributed by atoms with Crippen molar-refractivity contribution in [3.05, 3.63) is 41.6 Å². The molecule has 2 amide bonds. The van der Waals surface area contributed by atoms with E-state index in [-0.39, 0.29) is 24.3 Å². The van der Waals surface area contributed by atoms with Crippen LogP contribution in [0.4, 0.5) is 0 Å². The molecule has 0 saturated carbocycles. The lowest BCUT2D eigenvalue weighted by Gasteiger charge is -2.26. The molecule has 0 fully saturated rings. The van der Waals surface area contributed by atoms with Crippen molar-refractivity contribution in [3.63, 3.8) is 0 Å². The Bertz CT molecular complexity index is 1080. The minimum atomic E-state index is -0.976. The fraction of sp³-hybridized carbons (Fsp3) is 0.520. The lowest BCUT2D eigenvalue weighted by Crippen LogP contribution is -2.36. The highest BCUT2D eigenvalue weighted by molar-refractivity contribution is 9.12. The second-order valence-corrected chi connectivity index (χ2v) is 12.5. The summed E-state index contributed by atoms with van der Waals surface area (Å²) in [5.41, 5.74) is -0.249. The number of rotatable bonds is 14. The maximum atomic E-state index is 12.5. The fourth-order valence-corrected chi connectivity index (χ4v) is 7.54. The molecule has 16 heteroatoms. The van der Waals surface area contributed by atoms with Crippen molar-refractivity contribution >= 4 is 87.0 Å². The van der Waals surface area contributed by atoms with Gasteiger partial charge in [0.2, 0.25) is 0 Å². The Kier molecular flexibility index (Phi) is 15.1. The molecule has 2 aliphatic rings. The van der Waals surface area contributed by atoms with Gasteiger partial charge in [0.05, 0.1) is 44.4 Å². The number of aliphatic hydroxyl groups excluding tert-OH is 2. The van der Waals surface area contributed by atoms with Gasteiger partial charge in [-0.2, -0.15) is 0 Å². The zero-order valence-electron chi connectivity index (χ0n) is 22.2. The van der Waals surface area contributed by atoms with Crippen molar-refractivity contribution in [2.24, 2.45) is 22.1 Å². The van der Waals surface area contributed by atoms with Gasteiger partial charge < -0.3 is 40.7 Å². The number of amides is 2. The van der Waals surface area contributed by atoms with Gasteiger partial charge >= 0.3 is 0 Å². The first-order valence-corrected chi connectivity index (χ1v) is 15.6. The minimum absolute atomic E-state index is 0.00309. The van der Waals surface area contributed by atoms with E-state index in [1.54, 1.807) is 12.2 Å². The van der Waals surface area contributed by atoms with Crippen molar-refractivity contribution in [2.45, 2.75) is 44.3 Å². The van der Waals surface area contributed by atoms with Gasteiger partial charge in [-0.15, -0.1) is 0 Å². The van der Waals surface area contributed by atoms with E-state index in [1.165, 1.54) is 14.2 Å². The van der Waals surface area contributed by atoms with E-state index in [1.807, 2.05) is 0 Å². The van der Waals surface area contributed by atoms with E-state index in [2.05, 4.69) is 84.7 Å². The van der Waals surface area contributed by atoms with Crippen LogP contribution in [-0.2, 0) is 19.1 Å². The van der Waals surface area contributed by atoms with Crippen molar-refractivity contribution in [2.75, 3.05) is 27.3 Å². The molecule has 6 N–H and O–H groups in total. The molecule has 0 saturated heterocycles. The summed E-state index contributed by atoms with van der Waals surface area (Å²) in [5.74, 6) is -1.27. The fourth-order valence-electron chi connectivity index (χ4n) is 4.15. The van der Waals surface area contributed by atoms with E-state index in [9.17, 15) is 30.2 Å². The van der Waals surface area contributed by atoms with Crippen molar-refractivity contribution in [3.8, 4) is 0 Å². The molecular weight excluding hydrogens is 804 g/mol. The number of carbonyl (C=O) groups excluding carboxylic acids is 2. The number of ether oxygens (including phenoxy) is 2. The Morgan fingerprint density at radius 3 is 1.44 bits per heavy atom. The molecule has 4 atom stereocenters. The Hall–Kier alpha value is -1.72. The zero-order valence-corrected chi connectivity index (χ0v) is 28.6. The number of aliphatic hydroxyl groups is 2. The van der Waals surface area contributed by atoms with Gasteiger partial charge in [-0.25, -0.2) is 0 Å². The Labute approximate surface area is 271 Å². The average Bonchev–Trinajstić information content (AvgIpc) is 2.95. The molecule has 0 radical (unpaired) electrons. The van der Waals surface area contributed by atoms with Crippen LogP contribution >= 0.6 is 63.7 Å². The largest absolute Gasteiger partial charge is 0.495 e. The van der Waals surface area contributed by atoms with Gasteiger partial charge in [-0.05, 0) is 83.0 Å². The number of allylic oxidation sites excluding steroid dienone is 2. The lowest BCUT2D eigenvalue weighted by molar-refractivity contribution is -0.115. The Balaban J connectivity index is 1.72. The number of oxime groups is 2. The van der Waals surface area contributed by atoms with Crippen LogP contribution in [0, 0.1) is 11.8 Å². The SMILES string of the molecule is COC1=C(Br)[C@H](O)[C@H](C/C(=N\O)C(=O)NCCCCCNC(=O)/C(C[C@@H]2C=C(Br)C(OC)=C(Br)[C@@H]2O)=N/O)C=C1Br. The maximum absolute atomic E-state index is 12.5. The third-order valence-corrected chi connectivity index (χ3v) is 9.28. The number of unbranched alkanes of at least 4 members (excludes halogenated alkanes) is 2. The van der Waals surface area contributed by atoms with E-state index >= 15 is 0 Å². The molecule has 0 unspecified atom stereocenters. The van der Waals surface area contributed by atoms with Gasteiger partial charge in [-0.1, -0.05) is 22.5 Å². The molecule has 41 heavy (non-hydrogen) atoms. The van der Waals surface area contributed by atoms with Crippen LogP contribution < -0.4 is 10.6 Å². The van der Waals surface area contributed by atoms with E-state index < -0.39 is 35.9 Å². The quantitative estimate of drug-likeness (QED) is 0.0660. The maximum Gasteiger partial charge on any atom is 0.269 e. The average molecular weight is 836 g/mol. The normalized spacial score (nSPS) is 23.6. The first-order valence-electron chi connectivity index (χ1n) is 12.5. The molecule has 0 bridgehead atoms. The van der Waals surface area contributed by atoms with Crippen LogP contribution in [0.25, 0.3) is 0 Å². The van der Waals surface area contributed by atoms with E-state index in [4.69, 9.17) is 9.47 Å². The highest BCUT2D eigenvalue weighted by Crippen LogP contribution is 2.38. The summed E-state index contributed by atoms with van der Waals surface area (Å²) in [5, 5.41) is 51.4. The molecule has 2 rings (SSSR count). The Morgan fingerprint density at radius 1 is 0.756 bits per heavy atom. The second-order valence-electron chi connectivity index (χ2n) is 9.08. The molecule has 228 valence electrons. The number of hydrogen-bond donors (Lipinski definition) is 6. The number of hydrogen-bond acceptors (Lipinski definition) is 10. The summed E-state index contributed by atoms with van der Waals surface area (Å²) < 4.78 is 12.5. The number of nitrogens with zero attached hydrogens (tertiary/aromatic N) is 2. The third kappa shape index (κ3) is 9.64. The molecule has 12 nitrogen and oxygen atoms in total. The molecular formula is C25H32Br4N4O8. The standard InChI is InChI=1S/C25H32Br4N4O8/c1-40-22-14(26)8-12(20(34)18(22)28)10-16(32-38)24(36)30-6-4-3-5-7-31-25(37)17(33-39)11-13-9-15(27)23(41-2)19(29)21(13)35/h8-9,12-13,20-21,34-35,38-39H,3-7,10-11H2,1-2H3,(H,30,36)(H,31,37)/b32-16+,33-17+/t12-,13-,20+,21+/m0/s1. The smallest absolute Gasteiger partial charge is 0.269 e.